The quantitative estimate of drug-likeness (QED) is 0.196. The standard InChI is InChI=1S/C29H22N7O4/c30-19-23-20-33(24-11-15-26(16-12-24)35(37)38)29(22-9-5-2-6-10-22)28(23,21-7-3-1-4-8-21)31-34(32-29)25-13-17-27(18-14-25)36(39)40/h1-18,23H,20H2,(H,31,32)/q+1/t23-,28+,29-/m1/s1. The Hall–Kier alpha value is -5.63. The van der Waals surface area contributed by atoms with Gasteiger partial charge >= 0.3 is 0 Å². The van der Waals surface area contributed by atoms with E-state index in [1.807, 2.05) is 65.6 Å². The minimum atomic E-state index is -1.21. The molecule has 0 spiro atoms. The molecule has 40 heavy (non-hydrogen) atoms. The van der Waals surface area contributed by atoms with Gasteiger partial charge in [0.2, 0.25) is 0 Å². The lowest BCUT2D eigenvalue weighted by Crippen LogP contribution is -2.57. The molecule has 4 aromatic carbocycles. The molecular formula is C29H22N7O4+. The normalized spacial score (nSPS) is 23.0. The lowest BCUT2D eigenvalue weighted by atomic mass is 9.71. The molecule has 0 aliphatic carbocycles. The SMILES string of the molecule is N#C[C@@H]1CN(c2ccc([N+](=O)[O-])cc2)[C@@]2(c3ccccc3)N=[N+](c3ccc([N+](=O)[O-])cc3)N[C@@]12c1ccccc1. The molecule has 0 radical (unpaired) electrons. The molecular weight excluding hydrogens is 510 g/mol. The van der Waals surface area contributed by atoms with E-state index in [1.165, 1.54) is 24.3 Å². The third kappa shape index (κ3) is 3.50. The third-order valence-corrected chi connectivity index (χ3v) is 7.59. The van der Waals surface area contributed by atoms with Crippen LogP contribution in [0.5, 0.6) is 0 Å². The molecule has 2 aliphatic heterocycles. The van der Waals surface area contributed by atoms with E-state index in [0.717, 1.165) is 11.1 Å². The van der Waals surface area contributed by atoms with Gasteiger partial charge < -0.3 is 4.90 Å². The van der Waals surface area contributed by atoms with Gasteiger partial charge in [-0.05, 0) is 17.7 Å². The van der Waals surface area contributed by atoms with Gasteiger partial charge in [-0.2, -0.15) is 10.7 Å². The number of nitro benzene ring substituents is 2. The van der Waals surface area contributed by atoms with E-state index < -0.39 is 27.0 Å². The maximum atomic E-state index is 11.4. The maximum absolute atomic E-state index is 11.4. The highest BCUT2D eigenvalue weighted by molar-refractivity contribution is 5.61. The summed E-state index contributed by atoms with van der Waals surface area (Å²) in [4.78, 5) is 25.3. The summed E-state index contributed by atoms with van der Waals surface area (Å²) in [6.45, 7) is 0.280. The molecule has 6 rings (SSSR count). The molecule has 11 heteroatoms. The van der Waals surface area contributed by atoms with Crippen LogP contribution in [-0.4, -0.2) is 21.2 Å². The van der Waals surface area contributed by atoms with E-state index in [1.54, 1.807) is 29.1 Å². The van der Waals surface area contributed by atoms with Crippen molar-refractivity contribution in [3.05, 3.63) is 141 Å². The summed E-state index contributed by atoms with van der Waals surface area (Å²) in [5, 5.41) is 38.5. The van der Waals surface area contributed by atoms with Crippen LogP contribution in [0, 0.1) is 37.5 Å². The van der Waals surface area contributed by atoms with Crippen molar-refractivity contribution in [2.45, 2.75) is 11.2 Å². The number of non-ortho nitro benzene ring substituents is 2. The van der Waals surface area contributed by atoms with Gasteiger partial charge in [0.15, 0.2) is 5.54 Å². The minimum absolute atomic E-state index is 0.0446. The molecule has 1 fully saturated rings. The molecule has 2 aliphatic rings. The monoisotopic (exact) mass is 532 g/mol. The number of nitriles is 1. The number of azo groups is 1. The van der Waals surface area contributed by atoms with E-state index in [0.29, 0.717) is 11.4 Å². The fourth-order valence-corrected chi connectivity index (χ4v) is 5.83. The fraction of sp³-hybridized carbons (Fsp3) is 0.138. The van der Waals surface area contributed by atoms with Gasteiger partial charge in [-0.1, -0.05) is 60.7 Å². The van der Waals surface area contributed by atoms with Crippen LogP contribution in [0.1, 0.15) is 11.1 Å². The predicted molar refractivity (Wildman–Crippen MR) is 144 cm³/mol. The van der Waals surface area contributed by atoms with Crippen LogP contribution in [-0.2, 0) is 11.2 Å². The van der Waals surface area contributed by atoms with Crippen LogP contribution in [0.15, 0.2) is 114 Å². The average Bonchev–Trinajstić information content (AvgIpc) is 3.49. The minimum Gasteiger partial charge on any atom is -0.335 e. The molecule has 11 nitrogen and oxygen atoms in total. The van der Waals surface area contributed by atoms with Crippen LogP contribution >= 0.6 is 0 Å². The third-order valence-electron chi connectivity index (χ3n) is 7.59. The van der Waals surface area contributed by atoms with E-state index in [2.05, 4.69) is 11.5 Å². The summed E-state index contributed by atoms with van der Waals surface area (Å²) in [5.41, 5.74) is 3.95. The number of benzene rings is 4. The number of rotatable bonds is 6. The van der Waals surface area contributed by atoms with Crippen molar-refractivity contribution in [1.29, 1.82) is 5.26 Å². The first-order chi connectivity index (χ1) is 19.4. The van der Waals surface area contributed by atoms with E-state index in [9.17, 15) is 25.5 Å². The van der Waals surface area contributed by atoms with Crippen molar-refractivity contribution in [3.63, 3.8) is 0 Å². The number of nitro groups is 2. The number of anilines is 1. The molecule has 2 heterocycles. The number of nitrogens with zero attached hydrogens (tertiary/aromatic N) is 6. The van der Waals surface area contributed by atoms with Crippen LogP contribution in [0.3, 0.4) is 0 Å². The Bertz CT molecular complexity index is 1670. The summed E-state index contributed by atoms with van der Waals surface area (Å²) in [7, 11) is 0. The van der Waals surface area contributed by atoms with Gasteiger partial charge in [0, 0.05) is 64.1 Å². The van der Waals surface area contributed by atoms with Crippen molar-refractivity contribution < 1.29 is 14.7 Å². The molecule has 1 N–H and O–H groups in total. The van der Waals surface area contributed by atoms with Crippen molar-refractivity contribution in [2.24, 2.45) is 11.0 Å². The highest BCUT2D eigenvalue weighted by Gasteiger charge is 2.75. The first-order valence-corrected chi connectivity index (χ1v) is 12.5. The van der Waals surface area contributed by atoms with Crippen molar-refractivity contribution in [1.82, 2.24) is 5.43 Å². The number of hydrogen-bond donors (Lipinski definition) is 1. The zero-order valence-corrected chi connectivity index (χ0v) is 21.0. The lowest BCUT2D eigenvalue weighted by Gasteiger charge is -2.39. The summed E-state index contributed by atoms with van der Waals surface area (Å²) in [6.07, 6.45) is 0. The maximum Gasteiger partial charge on any atom is 0.269 e. The first-order valence-electron chi connectivity index (χ1n) is 12.5. The number of hydrazine groups is 1. The Kier molecular flexibility index (Phi) is 5.73. The summed E-state index contributed by atoms with van der Waals surface area (Å²) in [6, 6.07) is 33.9. The molecule has 0 unspecified atom stereocenters. The second-order valence-electron chi connectivity index (χ2n) is 9.58. The highest BCUT2D eigenvalue weighted by atomic mass is 16.6. The van der Waals surface area contributed by atoms with Crippen molar-refractivity contribution in [3.8, 4) is 6.07 Å². The van der Waals surface area contributed by atoms with Crippen molar-refractivity contribution in [2.75, 3.05) is 11.4 Å². The van der Waals surface area contributed by atoms with Crippen LogP contribution in [0.25, 0.3) is 0 Å². The topological polar surface area (TPSA) is 141 Å². The average molecular weight is 533 g/mol. The van der Waals surface area contributed by atoms with E-state index in [4.69, 9.17) is 5.11 Å². The van der Waals surface area contributed by atoms with Crippen LogP contribution in [0.2, 0.25) is 0 Å². The summed E-state index contributed by atoms with van der Waals surface area (Å²) in [5.74, 6) is -0.628. The Labute approximate surface area is 228 Å². The fourth-order valence-electron chi connectivity index (χ4n) is 5.83. The van der Waals surface area contributed by atoms with Gasteiger partial charge in [-0.15, -0.1) is 0 Å². The molecule has 3 atom stereocenters. The highest BCUT2D eigenvalue weighted by Crippen LogP contribution is 2.59. The summed E-state index contributed by atoms with van der Waals surface area (Å²) >= 11 is 0. The van der Waals surface area contributed by atoms with Gasteiger partial charge in [0.25, 0.3) is 22.7 Å². The van der Waals surface area contributed by atoms with E-state index in [-0.39, 0.29) is 17.9 Å². The van der Waals surface area contributed by atoms with Gasteiger partial charge in [0.05, 0.1) is 15.9 Å². The Morgan fingerprint density at radius 1 is 0.825 bits per heavy atom. The Balaban J connectivity index is 1.65. The van der Waals surface area contributed by atoms with Crippen molar-refractivity contribution >= 4 is 22.7 Å². The molecule has 4 aromatic rings. The Morgan fingerprint density at radius 3 is 1.88 bits per heavy atom. The molecule has 0 amide bonds. The number of fused-ring (bicyclic) bond motifs is 1. The lowest BCUT2D eigenvalue weighted by molar-refractivity contribution is -0.570. The molecule has 0 aromatic heterocycles. The Morgan fingerprint density at radius 2 is 1.35 bits per heavy atom. The largest absolute Gasteiger partial charge is 0.335 e. The zero-order valence-electron chi connectivity index (χ0n) is 21.0. The van der Waals surface area contributed by atoms with Gasteiger partial charge in [-0.25, -0.2) is 0 Å². The number of nitrogens with one attached hydrogen (secondary N) is 1. The van der Waals surface area contributed by atoms with Gasteiger partial charge in [0.1, 0.15) is 5.92 Å². The second-order valence-corrected chi connectivity index (χ2v) is 9.58. The first kappa shape index (κ1) is 24.7. The van der Waals surface area contributed by atoms with Gasteiger partial charge in [-0.3, -0.25) is 20.2 Å². The zero-order chi connectivity index (χ0) is 27.9. The summed E-state index contributed by atoms with van der Waals surface area (Å²) < 4.78 is 0. The second kappa shape index (κ2) is 9.28. The number of hydrogen-bond acceptors (Lipinski definition) is 8. The van der Waals surface area contributed by atoms with E-state index >= 15 is 0 Å². The smallest absolute Gasteiger partial charge is 0.269 e. The predicted octanol–water partition coefficient (Wildman–Crippen LogP) is 5.53. The molecule has 0 saturated carbocycles. The van der Waals surface area contributed by atoms with Crippen LogP contribution in [0.4, 0.5) is 22.7 Å². The van der Waals surface area contributed by atoms with Crippen LogP contribution < -0.4 is 10.3 Å². The molecule has 196 valence electrons. The molecule has 1 saturated heterocycles. The molecule has 0 bridgehead atoms.